The topological polar surface area (TPSA) is 52.1 Å². The average Bonchev–Trinajstić information content (AvgIpc) is 2.47. The van der Waals surface area contributed by atoms with E-state index in [-0.39, 0.29) is 12.6 Å². The Hall–Kier alpha value is -2.44. The third-order valence-corrected chi connectivity index (χ3v) is 2.63. The van der Waals surface area contributed by atoms with Crippen molar-refractivity contribution in [1.29, 1.82) is 0 Å². The Bertz CT molecular complexity index is 630. The van der Waals surface area contributed by atoms with Gasteiger partial charge in [-0.25, -0.2) is 4.98 Å². The van der Waals surface area contributed by atoms with Gasteiger partial charge in [-0.3, -0.25) is 4.79 Å². The maximum absolute atomic E-state index is 12.5. The molecular formula is C14H11F3N2O2. The Balaban J connectivity index is 1.95. The van der Waals surface area contributed by atoms with Crippen LogP contribution in [0.4, 0.5) is 13.2 Å². The molecule has 0 saturated heterocycles. The first-order valence-corrected chi connectivity index (χ1v) is 6.06. The van der Waals surface area contributed by atoms with Gasteiger partial charge in [0.25, 0.3) is 0 Å². The molecule has 110 valence electrons. The van der Waals surface area contributed by atoms with Crippen molar-refractivity contribution in [2.45, 2.75) is 12.6 Å². The summed E-state index contributed by atoms with van der Waals surface area (Å²) >= 11 is 0. The van der Waals surface area contributed by atoms with E-state index in [9.17, 15) is 18.0 Å². The molecule has 1 aromatic carbocycles. The van der Waals surface area contributed by atoms with Crippen molar-refractivity contribution in [2.24, 2.45) is 0 Å². The Morgan fingerprint density at radius 3 is 2.76 bits per heavy atom. The zero-order valence-corrected chi connectivity index (χ0v) is 10.8. The molecule has 0 aliphatic heterocycles. The third kappa shape index (κ3) is 4.27. The summed E-state index contributed by atoms with van der Waals surface area (Å²) in [4.78, 5) is 17.6. The van der Waals surface area contributed by atoms with Crippen LogP contribution in [-0.4, -0.2) is 22.9 Å². The molecule has 0 spiro atoms. The van der Waals surface area contributed by atoms with Crippen molar-refractivity contribution in [2.75, 3.05) is 6.61 Å². The normalized spacial score (nSPS) is 11.2. The summed E-state index contributed by atoms with van der Waals surface area (Å²) in [5.41, 5.74) is 0.324. The first-order valence-electron chi connectivity index (χ1n) is 6.06. The SMILES string of the molecule is O=Cc1cccc(CCOc2nccc(C(F)(F)F)n2)c1. The number of aldehydes is 1. The molecule has 0 atom stereocenters. The van der Waals surface area contributed by atoms with Crippen LogP contribution >= 0.6 is 0 Å². The molecule has 0 unspecified atom stereocenters. The summed E-state index contributed by atoms with van der Waals surface area (Å²) in [6.45, 7) is 0.115. The molecule has 0 fully saturated rings. The predicted molar refractivity (Wildman–Crippen MR) is 68.1 cm³/mol. The van der Waals surface area contributed by atoms with Crippen molar-refractivity contribution in [3.05, 3.63) is 53.3 Å². The molecular weight excluding hydrogens is 285 g/mol. The van der Waals surface area contributed by atoms with E-state index in [2.05, 4.69) is 9.97 Å². The molecule has 1 heterocycles. The molecule has 0 bridgehead atoms. The summed E-state index contributed by atoms with van der Waals surface area (Å²) in [5.74, 6) is 0. The highest BCUT2D eigenvalue weighted by Crippen LogP contribution is 2.27. The van der Waals surface area contributed by atoms with Crippen LogP contribution in [-0.2, 0) is 12.6 Å². The first kappa shape index (κ1) is 15.0. The molecule has 0 aliphatic carbocycles. The highest BCUT2D eigenvalue weighted by Gasteiger charge is 2.32. The standard InChI is InChI=1S/C14H11F3N2O2/c15-14(16,17)12-4-6-18-13(19-12)21-7-5-10-2-1-3-11(8-10)9-20/h1-4,6,8-9H,5,7H2. The Morgan fingerprint density at radius 2 is 2.05 bits per heavy atom. The zero-order chi connectivity index (χ0) is 15.3. The van der Waals surface area contributed by atoms with Gasteiger partial charge in [0, 0.05) is 18.2 Å². The number of carbonyl (C=O) groups is 1. The summed E-state index contributed by atoms with van der Waals surface area (Å²) < 4.78 is 42.5. The number of rotatable bonds is 5. The van der Waals surface area contributed by atoms with E-state index in [1.54, 1.807) is 24.3 Å². The lowest BCUT2D eigenvalue weighted by Gasteiger charge is -2.08. The van der Waals surface area contributed by atoms with Crippen LogP contribution < -0.4 is 4.74 Å². The fraction of sp³-hybridized carbons (Fsp3) is 0.214. The van der Waals surface area contributed by atoms with Crippen LogP contribution in [0, 0.1) is 0 Å². The van der Waals surface area contributed by atoms with Gasteiger partial charge in [-0.2, -0.15) is 18.2 Å². The number of ether oxygens (including phenoxy) is 1. The summed E-state index contributed by atoms with van der Waals surface area (Å²) in [6.07, 6.45) is -2.38. The second-order valence-electron chi connectivity index (χ2n) is 4.18. The van der Waals surface area contributed by atoms with Crippen molar-refractivity contribution >= 4 is 6.29 Å². The van der Waals surface area contributed by atoms with Gasteiger partial charge in [0.15, 0.2) is 5.69 Å². The van der Waals surface area contributed by atoms with Crippen molar-refractivity contribution in [1.82, 2.24) is 9.97 Å². The molecule has 2 aromatic rings. The minimum absolute atomic E-state index is 0.115. The molecule has 0 amide bonds. The third-order valence-electron chi connectivity index (χ3n) is 2.63. The molecule has 0 aliphatic rings. The van der Waals surface area contributed by atoms with E-state index < -0.39 is 11.9 Å². The van der Waals surface area contributed by atoms with Gasteiger partial charge >= 0.3 is 12.2 Å². The molecule has 0 N–H and O–H groups in total. The Kier molecular flexibility index (Phi) is 4.52. The second-order valence-corrected chi connectivity index (χ2v) is 4.18. The molecule has 0 radical (unpaired) electrons. The van der Waals surface area contributed by atoms with Crippen molar-refractivity contribution < 1.29 is 22.7 Å². The molecule has 1 aromatic heterocycles. The molecule has 2 rings (SSSR count). The van der Waals surface area contributed by atoms with Crippen molar-refractivity contribution in [3.63, 3.8) is 0 Å². The number of benzene rings is 1. The smallest absolute Gasteiger partial charge is 0.433 e. The van der Waals surface area contributed by atoms with Crippen LogP contribution in [0.15, 0.2) is 36.5 Å². The van der Waals surface area contributed by atoms with Crippen LogP contribution in [0.1, 0.15) is 21.6 Å². The molecule has 21 heavy (non-hydrogen) atoms. The van der Waals surface area contributed by atoms with E-state index in [0.717, 1.165) is 24.1 Å². The highest BCUT2D eigenvalue weighted by atomic mass is 19.4. The van der Waals surface area contributed by atoms with Gasteiger partial charge in [0.2, 0.25) is 0 Å². The van der Waals surface area contributed by atoms with Gasteiger partial charge in [-0.15, -0.1) is 0 Å². The lowest BCUT2D eigenvalue weighted by Crippen LogP contribution is -2.11. The largest absolute Gasteiger partial charge is 0.463 e. The summed E-state index contributed by atoms with van der Waals surface area (Å²) in [6, 6.07) is 7.32. The van der Waals surface area contributed by atoms with Crippen molar-refractivity contribution in [3.8, 4) is 6.01 Å². The van der Waals surface area contributed by atoms with Gasteiger partial charge < -0.3 is 4.74 Å². The number of halogens is 3. The number of hydrogen-bond acceptors (Lipinski definition) is 4. The lowest BCUT2D eigenvalue weighted by molar-refractivity contribution is -0.141. The zero-order valence-electron chi connectivity index (χ0n) is 10.8. The minimum Gasteiger partial charge on any atom is -0.463 e. The van der Waals surface area contributed by atoms with Gasteiger partial charge in [-0.05, 0) is 17.7 Å². The maximum atomic E-state index is 12.5. The van der Waals surface area contributed by atoms with Crippen LogP contribution in [0.3, 0.4) is 0 Å². The van der Waals surface area contributed by atoms with Crippen LogP contribution in [0.2, 0.25) is 0 Å². The molecule has 7 heteroatoms. The van der Waals surface area contributed by atoms with Gasteiger partial charge in [-0.1, -0.05) is 18.2 Å². The highest BCUT2D eigenvalue weighted by molar-refractivity contribution is 5.74. The van der Waals surface area contributed by atoms with Crippen LogP contribution in [0.25, 0.3) is 0 Å². The number of aromatic nitrogens is 2. The molecule has 0 saturated carbocycles. The van der Waals surface area contributed by atoms with Crippen LogP contribution in [0.5, 0.6) is 6.01 Å². The number of carbonyl (C=O) groups excluding carboxylic acids is 1. The first-order chi connectivity index (χ1) is 9.99. The van der Waals surface area contributed by atoms with E-state index in [0.29, 0.717) is 12.0 Å². The fourth-order valence-corrected chi connectivity index (χ4v) is 1.65. The minimum atomic E-state index is -4.53. The second kappa shape index (κ2) is 6.34. The quantitative estimate of drug-likeness (QED) is 0.796. The Labute approximate surface area is 118 Å². The van der Waals surface area contributed by atoms with Gasteiger partial charge in [0.1, 0.15) is 6.29 Å². The average molecular weight is 296 g/mol. The van der Waals surface area contributed by atoms with E-state index >= 15 is 0 Å². The predicted octanol–water partition coefficient (Wildman–Crippen LogP) is 2.93. The van der Waals surface area contributed by atoms with E-state index in [1.165, 1.54) is 0 Å². The molecule has 4 nitrogen and oxygen atoms in total. The lowest BCUT2D eigenvalue weighted by atomic mass is 10.1. The summed E-state index contributed by atoms with van der Waals surface area (Å²) in [7, 11) is 0. The fourth-order valence-electron chi connectivity index (χ4n) is 1.65. The van der Waals surface area contributed by atoms with E-state index in [1.807, 2.05) is 0 Å². The number of alkyl halides is 3. The maximum Gasteiger partial charge on any atom is 0.433 e. The number of hydrogen-bond donors (Lipinski definition) is 0. The van der Waals surface area contributed by atoms with Gasteiger partial charge in [0.05, 0.1) is 6.61 Å². The number of nitrogens with zero attached hydrogens (tertiary/aromatic N) is 2. The summed E-state index contributed by atoms with van der Waals surface area (Å²) in [5, 5.41) is 0. The monoisotopic (exact) mass is 296 g/mol. The van der Waals surface area contributed by atoms with E-state index in [4.69, 9.17) is 4.74 Å². The Morgan fingerprint density at radius 1 is 1.24 bits per heavy atom.